The summed E-state index contributed by atoms with van der Waals surface area (Å²) >= 11 is 5.63. The van der Waals surface area contributed by atoms with E-state index in [1.54, 1.807) is 0 Å². The number of carbonyl (C=O) groups excluding carboxylic acids is 2. The van der Waals surface area contributed by atoms with Crippen LogP contribution in [0, 0.1) is 5.82 Å². The summed E-state index contributed by atoms with van der Waals surface area (Å²) in [7, 11) is -4.96. The molecular formula is C16H10ClF4N3O4S. The third-order valence-corrected chi connectivity index (χ3v) is 5.67. The Morgan fingerprint density at radius 3 is 2.17 bits per heavy atom. The number of rotatable bonds is 4. The van der Waals surface area contributed by atoms with Crippen LogP contribution in [-0.2, 0) is 14.8 Å². The van der Waals surface area contributed by atoms with Crippen molar-refractivity contribution in [3.63, 3.8) is 0 Å². The van der Waals surface area contributed by atoms with E-state index in [2.05, 4.69) is 0 Å². The molecule has 0 bridgehead atoms. The third kappa shape index (κ3) is 3.54. The first-order chi connectivity index (χ1) is 13.4. The molecule has 1 heterocycles. The minimum Gasteiger partial charge on any atom is -0.302 e. The molecule has 1 aliphatic heterocycles. The highest BCUT2D eigenvalue weighted by Crippen LogP contribution is 2.37. The van der Waals surface area contributed by atoms with Crippen molar-refractivity contribution >= 4 is 39.2 Å². The Morgan fingerprint density at radius 2 is 1.62 bits per heavy atom. The molecule has 0 aromatic heterocycles. The van der Waals surface area contributed by atoms with Crippen LogP contribution in [0.4, 0.5) is 28.0 Å². The average molecular weight is 452 g/mol. The second-order valence-corrected chi connectivity index (χ2v) is 7.95. The maximum atomic E-state index is 14.0. The van der Waals surface area contributed by atoms with Crippen molar-refractivity contribution in [3.05, 3.63) is 59.4 Å². The van der Waals surface area contributed by atoms with Crippen LogP contribution in [0.5, 0.6) is 0 Å². The fraction of sp³-hybridized carbons (Fsp3) is 0.125. The predicted octanol–water partition coefficient (Wildman–Crippen LogP) is 2.77. The molecule has 1 aliphatic rings. The van der Waals surface area contributed by atoms with E-state index in [9.17, 15) is 35.6 Å². The molecule has 2 N–H and O–H groups in total. The molecule has 154 valence electrons. The summed E-state index contributed by atoms with van der Waals surface area (Å²) in [6.07, 6.45) is -5.60. The molecule has 0 saturated carbocycles. The number of alkyl halides is 3. The van der Waals surface area contributed by atoms with Gasteiger partial charge in [-0.2, -0.15) is 17.9 Å². The first-order valence-corrected chi connectivity index (χ1v) is 9.53. The number of sulfonamides is 1. The normalized spacial score (nSPS) is 20.1. The van der Waals surface area contributed by atoms with Crippen molar-refractivity contribution in [2.75, 3.05) is 4.90 Å². The van der Waals surface area contributed by atoms with E-state index in [4.69, 9.17) is 11.6 Å². The lowest BCUT2D eigenvalue weighted by Crippen LogP contribution is -2.69. The molecule has 1 unspecified atom stereocenters. The Balaban J connectivity index is 2.09. The van der Waals surface area contributed by atoms with Crippen LogP contribution in [0.15, 0.2) is 53.4 Å². The fourth-order valence-electron chi connectivity index (χ4n) is 2.57. The van der Waals surface area contributed by atoms with Crippen molar-refractivity contribution < 1.29 is 35.6 Å². The van der Waals surface area contributed by atoms with Gasteiger partial charge in [-0.15, -0.1) is 0 Å². The second-order valence-electron chi connectivity index (χ2n) is 5.83. The molecular weight excluding hydrogens is 442 g/mol. The summed E-state index contributed by atoms with van der Waals surface area (Å²) in [6.45, 7) is 0. The number of urea groups is 1. The number of para-hydroxylation sites is 1. The number of imide groups is 1. The van der Waals surface area contributed by atoms with Crippen molar-refractivity contribution in [3.8, 4) is 0 Å². The number of anilines is 1. The Kier molecular flexibility index (Phi) is 5.05. The quantitative estimate of drug-likeness (QED) is 0.552. The maximum absolute atomic E-state index is 14.0. The zero-order chi connectivity index (χ0) is 21.6. The van der Waals surface area contributed by atoms with Crippen molar-refractivity contribution in [1.29, 1.82) is 0 Å². The Labute approximate surface area is 166 Å². The minimum atomic E-state index is -5.60. The number of benzene rings is 2. The van der Waals surface area contributed by atoms with Gasteiger partial charge in [-0.3, -0.25) is 4.79 Å². The smallest absolute Gasteiger partial charge is 0.302 e. The van der Waals surface area contributed by atoms with E-state index in [1.807, 2.05) is 0 Å². The van der Waals surface area contributed by atoms with Gasteiger partial charge in [0.25, 0.3) is 11.6 Å². The molecule has 2 aromatic rings. The van der Waals surface area contributed by atoms with E-state index < -0.39 is 50.2 Å². The van der Waals surface area contributed by atoms with Crippen molar-refractivity contribution in [2.24, 2.45) is 0 Å². The Bertz CT molecular complexity index is 1090. The lowest BCUT2D eigenvalue weighted by atomic mass is 10.1. The minimum absolute atomic E-state index is 0.116. The summed E-state index contributed by atoms with van der Waals surface area (Å²) in [6, 6.07) is 6.47. The summed E-state index contributed by atoms with van der Waals surface area (Å²) in [5, 5.41) is 1.42. The average Bonchev–Trinajstić information content (AvgIpc) is 2.86. The molecule has 2 aromatic carbocycles. The van der Waals surface area contributed by atoms with Gasteiger partial charge < -0.3 is 5.32 Å². The van der Waals surface area contributed by atoms with Gasteiger partial charge in [-0.25, -0.2) is 22.5 Å². The van der Waals surface area contributed by atoms with Crippen molar-refractivity contribution in [2.45, 2.75) is 16.7 Å². The number of nitrogens with one attached hydrogen (secondary N) is 2. The van der Waals surface area contributed by atoms with Crippen LogP contribution in [0.3, 0.4) is 0 Å². The Morgan fingerprint density at radius 1 is 1.03 bits per heavy atom. The first-order valence-electron chi connectivity index (χ1n) is 7.66. The third-order valence-electron chi connectivity index (χ3n) is 3.95. The molecule has 3 amide bonds. The number of amides is 3. The lowest BCUT2D eigenvalue weighted by molar-refractivity contribution is -0.194. The van der Waals surface area contributed by atoms with Gasteiger partial charge in [0.15, 0.2) is 0 Å². The number of hydrogen-bond acceptors (Lipinski definition) is 4. The van der Waals surface area contributed by atoms with Gasteiger partial charge >= 0.3 is 12.2 Å². The van der Waals surface area contributed by atoms with Gasteiger partial charge in [-0.1, -0.05) is 23.7 Å². The van der Waals surface area contributed by atoms with Crippen LogP contribution in [0.25, 0.3) is 0 Å². The second kappa shape index (κ2) is 6.97. The molecule has 1 fully saturated rings. The van der Waals surface area contributed by atoms with Crippen LogP contribution >= 0.6 is 11.6 Å². The highest BCUT2D eigenvalue weighted by Gasteiger charge is 2.70. The van der Waals surface area contributed by atoms with Crippen LogP contribution < -0.4 is 14.9 Å². The van der Waals surface area contributed by atoms with E-state index in [0.29, 0.717) is 0 Å². The van der Waals surface area contributed by atoms with Gasteiger partial charge in [0.2, 0.25) is 10.0 Å². The lowest BCUT2D eigenvalue weighted by Gasteiger charge is -2.29. The topological polar surface area (TPSA) is 95.6 Å². The first kappa shape index (κ1) is 21.0. The number of nitrogens with zero attached hydrogens (tertiary/aromatic N) is 1. The van der Waals surface area contributed by atoms with Crippen LogP contribution in [0.1, 0.15) is 0 Å². The summed E-state index contributed by atoms with van der Waals surface area (Å²) in [5.41, 5.74) is -4.81. The molecule has 7 nitrogen and oxygen atoms in total. The summed E-state index contributed by atoms with van der Waals surface area (Å²) in [5.74, 6) is -3.22. The van der Waals surface area contributed by atoms with Gasteiger partial charge in [0.05, 0.1) is 10.6 Å². The fourth-order valence-corrected chi connectivity index (χ4v) is 3.97. The molecule has 0 spiro atoms. The zero-order valence-corrected chi connectivity index (χ0v) is 15.6. The Hall–Kier alpha value is -2.70. The van der Waals surface area contributed by atoms with E-state index in [1.165, 1.54) is 22.2 Å². The van der Waals surface area contributed by atoms with Crippen molar-refractivity contribution in [1.82, 2.24) is 10.0 Å². The molecule has 29 heavy (non-hydrogen) atoms. The summed E-state index contributed by atoms with van der Waals surface area (Å²) in [4.78, 5) is 24.0. The molecule has 13 heteroatoms. The SMILES string of the molecule is O=C1NC(NS(=O)(=O)c2ccc(Cl)cc2)(C(F)(F)F)C(=O)N1c1ccccc1F. The van der Waals surface area contributed by atoms with E-state index in [-0.39, 0.29) is 9.92 Å². The highest BCUT2D eigenvalue weighted by molar-refractivity contribution is 7.89. The molecule has 1 atom stereocenters. The largest absolute Gasteiger partial charge is 0.435 e. The molecule has 0 aliphatic carbocycles. The molecule has 0 radical (unpaired) electrons. The molecule has 1 saturated heterocycles. The van der Waals surface area contributed by atoms with Crippen LogP contribution in [-0.4, -0.2) is 32.2 Å². The monoisotopic (exact) mass is 451 g/mol. The maximum Gasteiger partial charge on any atom is 0.435 e. The summed E-state index contributed by atoms with van der Waals surface area (Å²) < 4.78 is 81.6. The standard InChI is InChI=1S/C16H10ClF4N3O4S/c17-9-5-7-10(8-6-9)29(27,28)23-15(16(19,20)21)13(25)24(14(26)22-15)12-4-2-1-3-11(12)18/h1-8,23H,(H,22,26). The molecule has 3 rings (SSSR count). The zero-order valence-electron chi connectivity index (χ0n) is 14.0. The van der Waals surface area contributed by atoms with Gasteiger partial charge in [0.1, 0.15) is 5.82 Å². The predicted molar refractivity (Wildman–Crippen MR) is 93.0 cm³/mol. The van der Waals surface area contributed by atoms with Gasteiger partial charge in [-0.05, 0) is 36.4 Å². The number of hydrogen-bond donors (Lipinski definition) is 2. The van der Waals surface area contributed by atoms with E-state index in [0.717, 1.165) is 36.4 Å². The number of halogens is 5. The number of carbonyl (C=O) groups is 2. The van der Waals surface area contributed by atoms with Crippen LogP contribution in [0.2, 0.25) is 5.02 Å². The highest BCUT2D eigenvalue weighted by atomic mass is 35.5. The van der Waals surface area contributed by atoms with E-state index >= 15 is 0 Å². The van der Waals surface area contributed by atoms with Gasteiger partial charge in [0, 0.05) is 5.02 Å².